The zero-order valence-electron chi connectivity index (χ0n) is 13.6. The van der Waals surface area contributed by atoms with E-state index in [1.165, 1.54) is 0 Å². The second-order valence-electron chi connectivity index (χ2n) is 5.69. The third-order valence-corrected chi connectivity index (χ3v) is 5.72. The Labute approximate surface area is 160 Å². The number of carbonyl (C=O) groups excluding carboxylic acids is 1. The van der Waals surface area contributed by atoms with E-state index < -0.39 is 0 Å². The monoisotopic (exact) mass is 411 g/mol. The highest BCUT2D eigenvalue weighted by molar-refractivity contribution is 9.10. The summed E-state index contributed by atoms with van der Waals surface area (Å²) in [5, 5.41) is 0.0115. The van der Waals surface area contributed by atoms with Gasteiger partial charge < -0.3 is 5.73 Å². The summed E-state index contributed by atoms with van der Waals surface area (Å²) in [4.78, 5) is 13.8. The van der Waals surface area contributed by atoms with Gasteiger partial charge in [-0.25, -0.2) is 0 Å². The van der Waals surface area contributed by atoms with Crippen LogP contribution in [0.3, 0.4) is 0 Å². The topological polar surface area (TPSA) is 43.1 Å². The lowest BCUT2D eigenvalue weighted by molar-refractivity contribution is 0.0982. The van der Waals surface area contributed by atoms with E-state index in [0.717, 1.165) is 26.2 Å². The summed E-state index contributed by atoms with van der Waals surface area (Å²) < 4.78 is 0.912. The maximum Gasteiger partial charge on any atom is 0.164 e. The van der Waals surface area contributed by atoms with E-state index in [4.69, 9.17) is 5.73 Å². The van der Waals surface area contributed by atoms with Gasteiger partial charge in [-0.2, -0.15) is 0 Å². The number of halogens is 1. The van der Waals surface area contributed by atoms with Gasteiger partial charge in [-0.1, -0.05) is 70.5 Å². The SMILES string of the molecule is Nc1ccccc1SC(CC(=O)c1cccc(Br)c1)c1ccccc1. The van der Waals surface area contributed by atoms with Crippen molar-refractivity contribution >= 4 is 39.2 Å². The summed E-state index contributed by atoms with van der Waals surface area (Å²) in [7, 11) is 0. The van der Waals surface area contributed by atoms with Gasteiger partial charge in [0.1, 0.15) is 0 Å². The fraction of sp³-hybridized carbons (Fsp3) is 0.0952. The van der Waals surface area contributed by atoms with Gasteiger partial charge in [0.25, 0.3) is 0 Å². The number of Topliss-reactive ketones (excluding diaryl/α,β-unsaturated/α-hetero) is 1. The van der Waals surface area contributed by atoms with E-state index in [0.29, 0.717) is 6.42 Å². The van der Waals surface area contributed by atoms with E-state index in [2.05, 4.69) is 28.1 Å². The normalized spacial score (nSPS) is 11.9. The van der Waals surface area contributed by atoms with Crippen LogP contribution in [0.25, 0.3) is 0 Å². The molecule has 0 radical (unpaired) electrons. The first-order valence-electron chi connectivity index (χ1n) is 7.98. The molecule has 0 saturated heterocycles. The smallest absolute Gasteiger partial charge is 0.164 e. The molecule has 0 amide bonds. The second kappa shape index (κ2) is 8.37. The van der Waals surface area contributed by atoms with Crippen molar-refractivity contribution in [2.24, 2.45) is 0 Å². The maximum absolute atomic E-state index is 12.8. The second-order valence-corrected chi connectivity index (χ2v) is 7.85. The average Bonchev–Trinajstić information content (AvgIpc) is 2.63. The number of nitrogen functional groups attached to an aromatic ring is 1. The van der Waals surface area contributed by atoms with Crippen molar-refractivity contribution in [3.05, 3.63) is 94.5 Å². The molecule has 3 aromatic carbocycles. The summed E-state index contributed by atoms with van der Waals surface area (Å²) in [5.74, 6) is 0.122. The molecule has 0 fully saturated rings. The van der Waals surface area contributed by atoms with Crippen LogP contribution >= 0.6 is 27.7 Å². The van der Waals surface area contributed by atoms with Gasteiger partial charge in [0, 0.05) is 32.3 Å². The third-order valence-electron chi connectivity index (χ3n) is 3.88. The van der Waals surface area contributed by atoms with Crippen LogP contribution in [0.1, 0.15) is 27.6 Å². The van der Waals surface area contributed by atoms with Crippen molar-refractivity contribution in [3.8, 4) is 0 Å². The summed E-state index contributed by atoms with van der Waals surface area (Å²) >= 11 is 5.07. The Bertz CT molecular complexity index is 867. The molecule has 1 atom stereocenters. The first-order chi connectivity index (χ1) is 12.1. The zero-order chi connectivity index (χ0) is 17.6. The fourth-order valence-corrected chi connectivity index (χ4v) is 4.18. The number of nitrogens with two attached hydrogens (primary N) is 1. The van der Waals surface area contributed by atoms with E-state index in [9.17, 15) is 4.79 Å². The Kier molecular flexibility index (Phi) is 5.95. The van der Waals surface area contributed by atoms with Crippen LogP contribution in [0, 0.1) is 0 Å². The molecule has 2 N–H and O–H groups in total. The first-order valence-corrected chi connectivity index (χ1v) is 9.65. The Morgan fingerprint density at radius 2 is 1.68 bits per heavy atom. The highest BCUT2D eigenvalue weighted by Crippen LogP contribution is 2.40. The Balaban J connectivity index is 1.87. The largest absolute Gasteiger partial charge is 0.398 e. The number of para-hydroxylation sites is 1. The van der Waals surface area contributed by atoms with Crippen LogP contribution in [0.15, 0.2) is 88.2 Å². The van der Waals surface area contributed by atoms with Crippen molar-refractivity contribution in [2.45, 2.75) is 16.6 Å². The van der Waals surface area contributed by atoms with Gasteiger partial charge in [-0.15, -0.1) is 11.8 Å². The van der Waals surface area contributed by atoms with Gasteiger partial charge in [-0.3, -0.25) is 4.79 Å². The molecule has 3 rings (SSSR count). The molecule has 0 aromatic heterocycles. The van der Waals surface area contributed by atoms with Gasteiger partial charge in [0.2, 0.25) is 0 Å². The lowest BCUT2D eigenvalue weighted by atomic mass is 10.0. The predicted molar refractivity (Wildman–Crippen MR) is 109 cm³/mol. The fourth-order valence-electron chi connectivity index (χ4n) is 2.58. The quantitative estimate of drug-likeness (QED) is 0.301. The lowest BCUT2D eigenvalue weighted by Gasteiger charge is -2.17. The molecule has 4 heteroatoms. The van der Waals surface area contributed by atoms with E-state index in [-0.39, 0.29) is 11.0 Å². The van der Waals surface area contributed by atoms with Gasteiger partial charge in [0.05, 0.1) is 0 Å². The molecule has 0 bridgehead atoms. The van der Waals surface area contributed by atoms with Crippen LogP contribution in [0.5, 0.6) is 0 Å². The molecule has 0 aliphatic carbocycles. The Morgan fingerprint density at radius 1 is 0.960 bits per heavy atom. The van der Waals surface area contributed by atoms with Crippen molar-refractivity contribution in [1.82, 2.24) is 0 Å². The maximum atomic E-state index is 12.8. The number of benzene rings is 3. The minimum Gasteiger partial charge on any atom is -0.398 e. The summed E-state index contributed by atoms with van der Waals surface area (Å²) in [5.41, 5.74) is 8.68. The van der Waals surface area contributed by atoms with Crippen LogP contribution in [-0.2, 0) is 0 Å². The number of hydrogen-bond acceptors (Lipinski definition) is 3. The van der Waals surface area contributed by atoms with Crippen molar-refractivity contribution in [1.29, 1.82) is 0 Å². The molecule has 3 aromatic rings. The third kappa shape index (κ3) is 4.74. The standard InChI is InChI=1S/C21H18BrNOS/c22-17-10-6-9-16(13-17)19(24)14-21(15-7-2-1-3-8-15)25-20-12-5-4-11-18(20)23/h1-13,21H,14,23H2. The van der Waals surface area contributed by atoms with E-state index in [1.807, 2.05) is 66.7 Å². The molecule has 126 valence electrons. The molecular weight excluding hydrogens is 394 g/mol. The number of anilines is 1. The molecule has 1 unspecified atom stereocenters. The van der Waals surface area contributed by atoms with Crippen LogP contribution in [0.4, 0.5) is 5.69 Å². The van der Waals surface area contributed by atoms with E-state index >= 15 is 0 Å². The summed E-state index contributed by atoms with van der Waals surface area (Å²) in [6, 6.07) is 25.4. The Hall–Kier alpha value is -2.04. The van der Waals surface area contributed by atoms with Crippen molar-refractivity contribution in [2.75, 3.05) is 5.73 Å². The van der Waals surface area contributed by atoms with E-state index in [1.54, 1.807) is 11.8 Å². The molecular formula is C21H18BrNOS. The minimum absolute atomic E-state index is 0.0115. The summed E-state index contributed by atoms with van der Waals surface area (Å²) in [6.07, 6.45) is 0.416. The van der Waals surface area contributed by atoms with Crippen LogP contribution < -0.4 is 5.73 Å². The highest BCUT2D eigenvalue weighted by atomic mass is 79.9. The molecule has 0 saturated carbocycles. The number of rotatable bonds is 6. The Morgan fingerprint density at radius 3 is 2.40 bits per heavy atom. The van der Waals surface area contributed by atoms with Gasteiger partial charge >= 0.3 is 0 Å². The minimum atomic E-state index is 0.0115. The lowest BCUT2D eigenvalue weighted by Crippen LogP contribution is -2.06. The van der Waals surface area contributed by atoms with Gasteiger partial charge in [0.15, 0.2) is 5.78 Å². The highest BCUT2D eigenvalue weighted by Gasteiger charge is 2.19. The number of ketones is 1. The number of carbonyl (C=O) groups is 1. The molecule has 25 heavy (non-hydrogen) atoms. The molecule has 0 heterocycles. The van der Waals surface area contributed by atoms with Gasteiger partial charge in [-0.05, 0) is 29.8 Å². The summed E-state index contributed by atoms with van der Waals surface area (Å²) in [6.45, 7) is 0. The molecule has 2 nitrogen and oxygen atoms in total. The predicted octanol–water partition coefficient (Wildman–Crippen LogP) is 6.14. The van der Waals surface area contributed by atoms with Crippen molar-refractivity contribution < 1.29 is 4.79 Å². The molecule has 0 aliphatic rings. The first kappa shape index (κ1) is 17.8. The van der Waals surface area contributed by atoms with Crippen LogP contribution in [0.2, 0.25) is 0 Å². The molecule has 0 aliphatic heterocycles. The average molecular weight is 412 g/mol. The number of thioether (sulfide) groups is 1. The number of hydrogen-bond donors (Lipinski definition) is 1. The zero-order valence-corrected chi connectivity index (χ0v) is 16.0. The van der Waals surface area contributed by atoms with Crippen molar-refractivity contribution in [3.63, 3.8) is 0 Å². The molecule has 0 spiro atoms. The van der Waals surface area contributed by atoms with Crippen LogP contribution in [-0.4, -0.2) is 5.78 Å².